The standard InChI is InChI=1S/C10H8N2O2/c11-9-7-3-4-12-5-6(7)1-2-8(9)10(13)14/h1-5H,11H2,(H,13,14). The highest BCUT2D eigenvalue weighted by Crippen LogP contribution is 2.23. The number of hydrogen-bond donors (Lipinski definition) is 2. The second-order valence-corrected chi connectivity index (χ2v) is 2.93. The molecule has 0 saturated carbocycles. The second kappa shape index (κ2) is 2.99. The van der Waals surface area contributed by atoms with Gasteiger partial charge in [-0.25, -0.2) is 4.79 Å². The molecule has 0 atom stereocenters. The molecule has 0 fully saturated rings. The van der Waals surface area contributed by atoms with Crippen LogP contribution >= 0.6 is 0 Å². The Kier molecular flexibility index (Phi) is 1.81. The SMILES string of the molecule is Nc1c(C(=O)O)ccc2cnccc12. The molecule has 0 aliphatic carbocycles. The van der Waals surface area contributed by atoms with Crippen LogP contribution in [-0.4, -0.2) is 16.1 Å². The van der Waals surface area contributed by atoms with Crippen molar-refractivity contribution in [2.24, 2.45) is 0 Å². The Morgan fingerprint density at radius 2 is 2.14 bits per heavy atom. The first-order chi connectivity index (χ1) is 6.70. The lowest BCUT2D eigenvalue weighted by Crippen LogP contribution is -2.02. The van der Waals surface area contributed by atoms with E-state index in [1.165, 1.54) is 6.07 Å². The molecule has 2 rings (SSSR count). The van der Waals surface area contributed by atoms with Gasteiger partial charge in [0.05, 0.1) is 11.3 Å². The molecular weight excluding hydrogens is 180 g/mol. The molecule has 0 saturated heterocycles. The minimum atomic E-state index is -1.01. The number of anilines is 1. The highest BCUT2D eigenvalue weighted by atomic mass is 16.4. The Morgan fingerprint density at radius 3 is 2.86 bits per heavy atom. The number of nitrogens with two attached hydrogens (primary N) is 1. The summed E-state index contributed by atoms with van der Waals surface area (Å²) in [5.74, 6) is -1.01. The number of hydrogen-bond acceptors (Lipinski definition) is 3. The first-order valence-corrected chi connectivity index (χ1v) is 4.05. The van der Waals surface area contributed by atoms with Crippen molar-refractivity contribution >= 4 is 22.4 Å². The van der Waals surface area contributed by atoms with Gasteiger partial charge in [-0.05, 0) is 12.1 Å². The van der Waals surface area contributed by atoms with Crippen molar-refractivity contribution in [3.63, 3.8) is 0 Å². The highest BCUT2D eigenvalue weighted by Gasteiger charge is 2.09. The Bertz CT molecular complexity index is 508. The predicted octanol–water partition coefficient (Wildman–Crippen LogP) is 1.52. The summed E-state index contributed by atoms with van der Waals surface area (Å²) in [5, 5.41) is 10.4. The molecule has 1 aromatic heterocycles. The lowest BCUT2D eigenvalue weighted by atomic mass is 10.1. The normalized spacial score (nSPS) is 10.3. The lowest BCUT2D eigenvalue weighted by Gasteiger charge is -2.04. The van der Waals surface area contributed by atoms with E-state index in [0.717, 1.165) is 10.8 Å². The fourth-order valence-electron chi connectivity index (χ4n) is 1.38. The molecule has 0 bridgehead atoms. The molecule has 0 radical (unpaired) electrons. The number of rotatable bonds is 1. The molecule has 0 aliphatic heterocycles. The summed E-state index contributed by atoms with van der Waals surface area (Å²) in [6, 6.07) is 4.89. The number of carboxylic acid groups (broad SMARTS) is 1. The second-order valence-electron chi connectivity index (χ2n) is 2.93. The van der Waals surface area contributed by atoms with Crippen LogP contribution in [0.4, 0.5) is 5.69 Å². The average molecular weight is 188 g/mol. The van der Waals surface area contributed by atoms with Crippen molar-refractivity contribution < 1.29 is 9.90 Å². The third-order valence-electron chi connectivity index (χ3n) is 2.09. The van der Waals surface area contributed by atoms with Crippen molar-refractivity contribution in [3.05, 3.63) is 36.2 Å². The summed E-state index contributed by atoms with van der Waals surface area (Å²) in [6.45, 7) is 0. The van der Waals surface area contributed by atoms with Crippen molar-refractivity contribution in [2.45, 2.75) is 0 Å². The van der Waals surface area contributed by atoms with E-state index in [-0.39, 0.29) is 11.3 Å². The van der Waals surface area contributed by atoms with E-state index in [2.05, 4.69) is 4.98 Å². The molecule has 4 heteroatoms. The minimum Gasteiger partial charge on any atom is -0.478 e. The van der Waals surface area contributed by atoms with E-state index in [0.29, 0.717) is 0 Å². The summed E-state index contributed by atoms with van der Waals surface area (Å²) in [5.41, 5.74) is 6.13. The Hall–Kier alpha value is -2.10. The highest BCUT2D eigenvalue weighted by molar-refractivity contribution is 6.04. The van der Waals surface area contributed by atoms with Crippen LogP contribution in [0.1, 0.15) is 10.4 Å². The fraction of sp³-hybridized carbons (Fsp3) is 0. The molecule has 14 heavy (non-hydrogen) atoms. The maximum absolute atomic E-state index is 10.8. The number of benzene rings is 1. The Labute approximate surface area is 80.0 Å². The molecule has 0 aliphatic rings. The number of aromatic nitrogens is 1. The molecule has 2 aromatic rings. The van der Waals surface area contributed by atoms with E-state index in [9.17, 15) is 4.79 Å². The van der Waals surface area contributed by atoms with Gasteiger partial charge in [-0.1, -0.05) is 6.07 Å². The van der Waals surface area contributed by atoms with Crippen LogP contribution in [-0.2, 0) is 0 Å². The van der Waals surface area contributed by atoms with Gasteiger partial charge in [-0.15, -0.1) is 0 Å². The van der Waals surface area contributed by atoms with Gasteiger partial charge in [-0.3, -0.25) is 4.98 Å². The van der Waals surface area contributed by atoms with Crippen LogP contribution in [0.3, 0.4) is 0 Å². The predicted molar refractivity (Wildman–Crippen MR) is 53.1 cm³/mol. The molecular formula is C10H8N2O2. The van der Waals surface area contributed by atoms with Gasteiger partial charge in [0.2, 0.25) is 0 Å². The number of pyridine rings is 1. The molecule has 1 heterocycles. The van der Waals surface area contributed by atoms with Crippen molar-refractivity contribution in [1.82, 2.24) is 4.98 Å². The van der Waals surface area contributed by atoms with Crippen LogP contribution in [0.15, 0.2) is 30.6 Å². The smallest absolute Gasteiger partial charge is 0.337 e. The number of carbonyl (C=O) groups is 1. The summed E-state index contributed by atoms with van der Waals surface area (Å²) >= 11 is 0. The van der Waals surface area contributed by atoms with E-state index in [4.69, 9.17) is 10.8 Å². The van der Waals surface area contributed by atoms with E-state index in [1.54, 1.807) is 24.5 Å². The fourth-order valence-corrected chi connectivity index (χ4v) is 1.38. The maximum atomic E-state index is 10.8. The largest absolute Gasteiger partial charge is 0.478 e. The zero-order valence-electron chi connectivity index (χ0n) is 7.27. The molecule has 1 aromatic carbocycles. The van der Waals surface area contributed by atoms with Gasteiger partial charge in [0.1, 0.15) is 0 Å². The summed E-state index contributed by atoms with van der Waals surface area (Å²) < 4.78 is 0. The van der Waals surface area contributed by atoms with Gasteiger partial charge >= 0.3 is 5.97 Å². The summed E-state index contributed by atoms with van der Waals surface area (Å²) in [6.07, 6.45) is 3.24. The first kappa shape index (κ1) is 8.50. The quantitative estimate of drug-likeness (QED) is 0.665. The van der Waals surface area contributed by atoms with Gasteiger partial charge < -0.3 is 10.8 Å². The van der Waals surface area contributed by atoms with Gasteiger partial charge in [0, 0.05) is 23.2 Å². The molecule has 70 valence electrons. The third-order valence-corrected chi connectivity index (χ3v) is 2.09. The number of nitrogens with zero attached hydrogens (tertiary/aromatic N) is 1. The van der Waals surface area contributed by atoms with Gasteiger partial charge in [0.25, 0.3) is 0 Å². The number of aromatic carboxylic acids is 1. The molecule has 4 nitrogen and oxygen atoms in total. The lowest BCUT2D eigenvalue weighted by molar-refractivity contribution is 0.0698. The Balaban J connectivity index is 2.81. The number of fused-ring (bicyclic) bond motifs is 1. The van der Waals surface area contributed by atoms with Crippen LogP contribution in [0, 0.1) is 0 Å². The summed E-state index contributed by atoms with van der Waals surface area (Å²) in [7, 11) is 0. The van der Waals surface area contributed by atoms with Crippen molar-refractivity contribution in [2.75, 3.05) is 5.73 Å². The van der Waals surface area contributed by atoms with E-state index < -0.39 is 5.97 Å². The van der Waals surface area contributed by atoms with Crippen LogP contribution in [0.5, 0.6) is 0 Å². The topological polar surface area (TPSA) is 76.2 Å². The van der Waals surface area contributed by atoms with Crippen molar-refractivity contribution in [1.29, 1.82) is 0 Å². The Morgan fingerprint density at radius 1 is 1.36 bits per heavy atom. The molecule has 3 N–H and O–H groups in total. The summed E-state index contributed by atoms with van der Waals surface area (Å²) in [4.78, 5) is 14.7. The van der Waals surface area contributed by atoms with Crippen molar-refractivity contribution in [3.8, 4) is 0 Å². The zero-order valence-corrected chi connectivity index (χ0v) is 7.27. The minimum absolute atomic E-state index is 0.128. The van der Waals surface area contributed by atoms with Gasteiger partial charge in [0.15, 0.2) is 0 Å². The zero-order chi connectivity index (χ0) is 10.1. The molecule has 0 spiro atoms. The number of carboxylic acids is 1. The van der Waals surface area contributed by atoms with Gasteiger partial charge in [-0.2, -0.15) is 0 Å². The monoisotopic (exact) mass is 188 g/mol. The van der Waals surface area contributed by atoms with Crippen LogP contribution < -0.4 is 5.73 Å². The van der Waals surface area contributed by atoms with E-state index >= 15 is 0 Å². The molecule has 0 amide bonds. The first-order valence-electron chi connectivity index (χ1n) is 4.05. The third kappa shape index (κ3) is 1.17. The number of nitrogen functional groups attached to an aromatic ring is 1. The average Bonchev–Trinajstić information content (AvgIpc) is 2.18. The van der Waals surface area contributed by atoms with E-state index in [1.807, 2.05) is 0 Å². The van der Waals surface area contributed by atoms with Crippen LogP contribution in [0.2, 0.25) is 0 Å². The molecule has 0 unspecified atom stereocenters. The van der Waals surface area contributed by atoms with Crippen LogP contribution in [0.25, 0.3) is 10.8 Å². The maximum Gasteiger partial charge on any atom is 0.337 e.